The Morgan fingerprint density at radius 1 is 0.273 bits per heavy atom. The summed E-state index contributed by atoms with van der Waals surface area (Å²) < 4.78 is 0. The van der Waals surface area contributed by atoms with Gasteiger partial charge in [0, 0.05) is 16.9 Å². The summed E-state index contributed by atoms with van der Waals surface area (Å²) >= 11 is 0. The van der Waals surface area contributed by atoms with E-state index in [4.69, 9.17) is 0 Å². The fourth-order valence-electron chi connectivity index (χ4n) is 10.6. The predicted octanol–water partition coefficient (Wildman–Crippen LogP) is 17.3. The fourth-order valence-corrected chi connectivity index (χ4v) is 10.6. The van der Waals surface area contributed by atoms with Crippen molar-refractivity contribution in [1.29, 1.82) is 0 Å². The molecule has 1 nitrogen and oxygen atoms in total. The number of hydrogen-bond donors (Lipinski definition) is 0. The van der Waals surface area contributed by atoms with E-state index in [1.807, 2.05) is 0 Å². The molecule has 1 aliphatic rings. The molecule has 0 heterocycles. The van der Waals surface area contributed by atoms with Crippen LogP contribution in [0.15, 0.2) is 273 Å². The molecule has 0 aromatic heterocycles. The summed E-state index contributed by atoms with van der Waals surface area (Å²) in [5, 5.41) is 2.51. The van der Waals surface area contributed by atoms with E-state index in [1.54, 1.807) is 0 Å². The van der Waals surface area contributed by atoms with Gasteiger partial charge in [-0.25, -0.2) is 0 Å². The van der Waals surface area contributed by atoms with Crippen LogP contribution in [0.5, 0.6) is 0 Å². The number of nitrogens with zero attached hydrogens (tertiary/aromatic N) is 1. The molecule has 11 aromatic rings. The van der Waals surface area contributed by atoms with E-state index in [1.165, 1.54) is 88.7 Å². The average molecular weight is 840 g/mol. The maximum atomic E-state index is 2.46. The van der Waals surface area contributed by atoms with E-state index in [9.17, 15) is 0 Å². The van der Waals surface area contributed by atoms with Gasteiger partial charge in [-0.3, -0.25) is 0 Å². The highest BCUT2D eigenvalue weighted by molar-refractivity contribution is 5.99. The Balaban J connectivity index is 1.03. The van der Waals surface area contributed by atoms with E-state index >= 15 is 0 Å². The molecule has 0 saturated carbocycles. The van der Waals surface area contributed by atoms with Crippen molar-refractivity contribution in [3.63, 3.8) is 0 Å². The van der Waals surface area contributed by atoms with Crippen LogP contribution >= 0.6 is 0 Å². The van der Waals surface area contributed by atoms with Gasteiger partial charge < -0.3 is 4.90 Å². The van der Waals surface area contributed by atoms with E-state index in [0.29, 0.717) is 0 Å². The first-order valence-electron chi connectivity index (χ1n) is 22.8. The molecule has 0 saturated heterocycles. The third-order valence-corrected chi connectivity index (χ3v) is 13.6. The molecule has 0 N–H and O–H groups in total. The van der Waals surface area contributed by atoms with Crippen molar-refractivity contribution in [3.8, 4) is 55.6 Å². The summed E-state index contributed by atoms with van der Waals surface area (Å²) in [6, 6.07) is 100.0. The van der Waals surface area contributed by atoms with Crippen LogP contribution in [0.1, 0.15) is 22.3 Å². The molecule has 0 atom stereocenters. The zero-order valence-corrected chi connectivity index (χ0v) is 36.4. The molecule has 0 amide bonds. The first-order valence-corrected chi connectivity index (χ1v) is 22.8. The molecule has 0 spiro atoms. The molecular weight excluding hydrogens is 795 g/mol. The van der Waals surface area contributed by atoms with Gasteiger partial charge in [0.15, 0.2) is 0 Å². The molecule has 0 bridgehead atoms. The van der Waals surface area contributed by atoms with Crippen LogP contribution in [-0.4, -0.2) is 0 Å². The summed E-state index contributed by atoms with van der Waals surface area (Å²) in [6.45, 7) is 0. The third-order valence-electron chi connectivity index (χ3n) is 13.6. The molecule has 0 aliphatic heterocycles. The summed E-state index contributed by atoms with van der Waals surface area (Å²) in [7, 11) is 0. The van der Waals surface area contributed by atoms with Gasteiger partial charge in [-0.05, 0) is 119 Å². The van der Waals surface area contributed by atoms with Gasteiger partial charge in [-0.15, -0.1) is 0 Å². The van der Waals surface area contributed by atoms with Crippen molar-refractivity contribution in [2.45, 2.75) is 5.41 Å². The largest absolute Gasteiger partial charge is 0.310 e. The topological polar surface area (TPSA) is 3.24 Å². The van der Waals surface area contributed by atoms with Crippen LogP contribution < -0.4 is 4.90 Å². The van der Waals surface area contributed by atoms with Crippen LogP contribution in [0.4, 0.5) is 17.1 Å². The number of hydrogen-bond acceptors (Lipinski definition) is 1. The smallest absolute Gasteiger partial charge is 0.0714 e. The normalized spacial score (nSPS) is 12.4. The maximum absolute atomic E-state index is 2.46. The first-order chi connectivity index (χ1) is 32.8. The molecule has 1 heteroatoms. The van der Waals surface area contributed by atoms with E-state index in [0.717, 1.165) is 17.1 Å². The second kappa shape index (κ2) is 16.6. The predicted molar refractivity (Wildman–Crippen MR) is 278 cm³/mol. The van der Waals surface area contributed by atoms with E-state index in [-0.39, 0.29) is 0 Å². The van der Waals surface area contributed by atoms with Crippen molar-refractivity contribution in [3.05, 3.63) is 295 Å². The lowest BCUT2D eigenvalue weighted by molar-refractivity contribution is 0.768. The molecular formula is C65H45N. The first kappa shape index (κ1) is 39.1. The summed E-state index contributed by atoms with van der Waals surface area (Å²) in [6.07, 6.45) is 0. The lowest BCUT2D eigenvalue weighted by atomic mass is 9.68. The van der Waals surface area contributed by atoms with Crippen LogP contribution in [0.2, 0.25) is 0 Å². The van der Waals surface area contributed by atoms with Gasteiger partial charge in [0.25, 0.3) is 0 Å². The lowest BCUT2D eigenvalue weighted by Gasteiger charge is -2.34. The van der Waals surface area contributed by atoms with Crippen LogP contribution in [0, 0.1) is 0 Å². The van der Waals surface area contributed by atoms with Crippen molar-refractivity contribution < 1.29 is 0 Å². The molecule has 0 fully saturated rings. The minimum atomic E-state index is -0.514. The standard InChI is InChI=1S/C65H45N/c1-4-19-47(20-5-1)56-30-12-13-31-58(56)49-39-43-55(44-40-49)66(54-41-37-46(38-42-54)50-23-16-24-51(45-50)59-33-17-22-48-21-10-11-29-57(48)59)63-36-18-35-62-64(63)60-32-14-15-34-61(60)65(62,52-25-6-2-7-26-52)53-27-8-3-9-28-53/h1-45H. The molecule has 0 radical (unpaired) electrons. The van der Waals surface area contributed by atoms with Crippen LogP contribution in [0.25, 0.3) is 66.4 Å². The maximum Gasteiger partial charge on any atom is 0.0714 e. The number of rotatable bonds is 9. The fraction of sp³-hybridized carbons (Fsp3) is 0.0154. The molecule has 1 aliphatic carbocycles. The quantitative estimate of drug-likeness (QED) is 0.140. The van der Waals surface area contributed by atoms with Crippen molar-refractivity contribution in [2.24, 2.45) is 0 Å². The molecule has 12 rings (SSSR count). The minimum Gasteiger partial charge on any atom is -0.310 e. The summed E-state index contributed by atoms with van der Waals surface area (Å²) in [5.41, 5.74) is 20.0. The molecule has 0 unspecified atom stereocenters. The zero-order valence-electron chi connectivity index (χ0n) is 36.4. The SMILES string of the molecule is c1ccc(-c2ccccc2-c2ccc(N(c3ccc(-c4cccc(-c5cccc6ccccc56)c4)cc3)c3cccc4c3-c3ccccc3C4(c3ccccc3)c3ccccc3)cc2)cc1. The number of fused-ring (bicyclic) bond motifs is 4. The Kier molecular flexibility index (Phi) is 9.81. The van der Waals surface area contributed by atoms with Gasteiger partial charge in [0.1, 0.15) is 0 Å². The minimum absolute atomic E-state index is 0.514. The number of anilines is 3. The van der Waals surface area contributed by atoms with Gasteiger partial charge >= 0.3 is 0 Å². The van der Waals surface area contributed by atoms with Gasteiger partial charge in [0.05, 0.1) is 11.1 Å². The zero-order chi connectivity index (χ0) is 43.9. The Hall–Kier alpha value is -8.52. The monoisotopic (exact) mass is 839 g/mol. The Bertz CT molecular complexity index is 3460. The summed E-state index contributed by atoms with van der Waals surface area (Å²) in [5.74, 6) is 0. The Morgan fingerprint density at radius 3 is 1.41 bits per heavy atom. The second-order valence-electron chi connectivity index (χ2n) is 17.2. The van der Waals surface area contributed by atoms with Crippen LogP contribution in [-0.2, 0) is 5.41 Å². The van der Waals surface area contributed by atoms with Crippen molar-refractivity contribution in [2.75, 3.05) is 4.90 Å². The molecule has 11 aromatic carbocycles. The van der Waals surface area contributed by atoms with E-state index in [2.05, 4.69) is 278 Å². The van der Waals surface area contributed by atoms with Crippen molar-refractivity contribution in [1.82, 2.24) is 0 Å². The third kappa shape index (κ3) is 6.56. The highest BCUT2D eigenvalue weighted by atomic mass is 15.1. The van der Waals surface area contributed by atoms with Gasteiger partial charge in [-0.1, -0.05) is 237 Å². The van der Waals surface area contributed by atoms with Gasteiger partial charge in [0.2, 0.25) is 0 Å². The summed E-state index contributed by atoms with van der Waals surface area (Å²) in [4.78, 5) is 2.46. The van der Waals surface area contributed by atoms with Crippen molar-refractivity contribution >= 4 is 27.8 Å². The molecule has 66 heavy (non-hydrogen) atoms. The highest BCUT2D eigenvalue weighted by Crippen LogP contribution is 2.59. The van der Waals surface area contributed by atoms with Gasteiger partial charge in [-0.2, -0.15) is 0 Å². The highest BCUT2D eigenvalue weighted by Gasteiger charge is 2.47. The Morgan fingerprint density at radius 2 is 0.727 bits per heavy atom. The lowest BCUT2D eigenvalue weighted by Crippen LogP contribution is -2.28. The number of benzene rings is 11. The van der Waals surface area contributed by atoms with E-state index < -0.39 is 5.41 Å². The molecule has 310 valence electrons. The Labute approximate surface area is 387 Å². The van der Waals surface area contributed by atoms with Crippen LogP contribution in [0.3, 0.4) is 0 Å². The second-order valence-corrected chi connectivity index (χ2v) is 17.2. The average Bonchev–Trinajstić information content (AvgIpc) is 3.71.